The van der Waals surface area contributed by atoms with Crippen molar-refractivity contribution in [2.75, 3.05) is 30.3 Å². The third-order valence-corrected chi connectivity index (χ3v) is 2.94. The molecule has 0 atom stereocenters. The maximum Gasteiger partial charge on any atom is 0.238 e. The van der Waals surface area contributed by atoms with Crippen LogP contribution in [0.1, 0.15) is 33.6 Å². The number of amides is 2. The number of rotatable bonds is 8. The van der Waals surface area contributed by atoms with Crippen molar-refractivity contribution in [3.8, 4) is 0 Å². The van der Waals surface area contributed by atoms with Crippen molar-refractivity contribution in [1.82, 2.24) is 4.90 Å². The summed E-state index contributed by atoms with van der Waals surface area (Å²) in [5.41, 5.74) is 1.46. The molecular formula is C16H25N3O2. The molecule has 5 heteroatoms. The van der Waals surface area contributed by atoms with Crippen LogP contribution in [0, 0.1) is 0 Å². The molecule has 1 aromatic rings. The minimum atomic E-state index is -0.110. The van der Waals surface area contributed by atoms with Gasteiger partial charge < -0.3 is 10.6 Å². The van der Waals surface area contributed by atoms with Gasteiger partial charge in [0.1, 0.15) is 0 Å². The molecule has 0 aliphatic rings. The lowest BCUT2D eigenvalue weighted by molar-refractivity contribution is -0.117. The lowest BCUT2D eigenvalue weighted by Crippen LogP contribution is -2.34. The summed E-state index contributed by atoms with van der Waals surface area (Å²) in [5, 5.41) is 5.57. The molecule has 116 valence electrons. The zero-order chi connectivity index (χ0) is 15.7. The van der Waals surface area contributed by atoms with Crippen LogP contribution < -0.4 is 10.6 Å². The second kappa shape index (κ2) is 9.13. The van der Waals surface area contributed by atoms with E-state index in [1.165, 1.54) is 6.92 Å². The Bertz CT molecular complexity index is 451. The van der Waals surface area contributed by atoms with Gasteiger partial charge in [-0.1, -0.05) is 13.8 Å². The van der Waals surface area contributed by atoms with E-state index in [2.05, 4.69) is 29.4 Å². The van der Waals surface area contributed by atoms with Crippen molar-refractivity contribution in [3.63, 3.8) is 0 Å². The van der Waals surface area contributed by atoms with Crippen molar-refractivity contribution < 1.29 is 9.59 Å². The van der Waals surface area contributed by atoms with Gasteiger partial charge >= 0.3 is 0 Å². The fourth-order valence-electron chi connectivity index (χ4n) is 2.15. The highest BCUT2D eigenvalue weighted by molar-refractivity contribution is 5.93. The average Bonchev–Trinajstić information content (AvgIpc) is 2.41. The molecule has 0 radical (unpaired) electrons. The molecule has 0 aromatic heterocycles. The van der Waals surface area contributed by atoms with Gasteiger partial charge in [0.2, 0.25) is 11.8 Å². The number of anilines is 2. The molecule has 0 fully saturated rings. The highest BCUT2D eigenvalue weighted by Gasteiger charge is 2.09. The fraction of sp³-hybridized carbons (Fsp3) is 0.500. The van der Waals surface area contributed by atoms with Gasteiger partial charge in [0.25, 0.3) is 0 Å². The van der Waals surface area contributed by atoms with Gasteiger partial charge in [0.05, 0.1) is 6.54 Å². The Morgan fingerprint density at radius 2 is 1.43 bits per heavy atom. The Morgan fingerprint density at radius 1 is 0.952 bits per heavy atom. The molecule has 0 spiro atoms. The second-order valence-corrected chi connectivity index (χ2v) is 5.08. The normalized spacial score (nSPS) is 10.5. The van der Waals surface area contributed by atoms with E-state index in [9.17, 15) is 9.59 Å². The van der Waals surface area contributed by atoms with Crippen LogP contribution in [0.15, 0.2) is 24.3 Å². The van der Waals surface area contributed by atoms with E-state index in [0.29, 0.717) is 6.54 Å². The lowest BCUT2D eigenvalue weighted by Gasteiger charge is -2.20. The molecule has 1 aromatic carbocycles. The Kier molecular flexibility index (Phi) is 7.46. The number of hydrogen-bond acceptors (Lipinski definition) is 3. The molecule has 1 rings (SSSR count). The minimum Gasteiger partial charge on any atom is -0.326 e. The van der Waals surface area contributed by atoms with Crippen LogP contribution in [0.5, 0.6) is 0 Å². The maximum atomic E-state index is 12.0. The molecule has 0 heterocycles. The molecule has 0 aliphatic carbocycles. The molecule has 2 N–H and O–H groups in total. The van der Waals surface area contributed by atoms with E-state index >= 15 is 0 Å². The number of benzene rings is 1. The predicted octanol–water partition coefficient (Wildman–Crippen LogP) is 2.71. The van der Waals surface area contributed by atoms with E-state index in [1.54, 1.807) is 24.3 Å². The largest absolute Gasteiger partial charge is 0.326 e. The van der Waals surface area contributed by atoms with Gasteiger partial charge in [-0.15, -0.1) is 0 Å². The highest BCUT2D eigenvalue weighted by atomic mass is 16.2. The second-order valence-electron chi connectivity index (χ2n) is 5.08. The number of carbonyl (C=O) groups is 2. The SMILES string of the molecule is CCCN(CCC)CC(=O)Nc1ccc(NC(C)=O)cc1. The Hall–Kier alpha value is -1.88. The molecule has 0 saturated carbocycles. The average molecular weight is 291 g/mol. The monoisotopic (exact) mass is 291 g/mol. The van der Waals surface area contributed by atoms with E-state index in [-0.39, 0.29) is 11.8 Å². The molecule has 21 heavy (non-hydrogen) atoms. The van der Waals surface area contributed by atoms with Gasteiger partial charge in [-0.05, 0) is 50.2 Å². The first kappa shape index (κ1) is 17.2. The van der Waals surface area contributed by atoms with Gasteiger partial charge in [0.15, 0.2) is 0 Å². The zero-order valence-electron chi connectivity index (χ0n) is 13.1. The van der Waals surface area contributed by atoms with Crippen LogP contribution in [0.2, 0.25) is 0 Å². The van der Waals surface area contributed by atoms with Crippen molar-refractivity contribution in [2.45, 2.75) is 33.6 Å². The van der Waals surface area contributed by atoms with Crippen LogP contribution in [0.4, 0.5) is 11.4 Å². The molecule has 0 saturated heterocycles. The van der Waals surface area contributed by atoms with E-state index in [4.69, 9.17) is 0 Å². The summed E-state index contributed by atoms with van der Waals surface area (Å²) in [4.78, 5) is 25.1. The summed E-state index contributed by atoms with van der Waals surface area (Å²) in [6, 6.07) is 7.11. The van der Waals surface area contributed by atoms with E-state index in [1.807, 2.05) is 0 Å². The Balaban J connectivity index is 2.51. The summed E-state index contributed by atoms with van der Waals surface area (Å²) in [7, 11) is 0. The number of nitrogens with zero attached hydrogens (tertiary/aromatic N) is 1. The summed E-state index contributed by atoms with van der Waals surface area (Å²) in [6.07, 6.45) is 2.08. The fourth-order valence-corrected chi connectivity index (χ4v) is 2.15. The van der Waals surface area contributed by atoms with Crippen molar-refractivity contribution in [1.29, 1.82) is 0 Å². The van der Waals surface area contributed by atoms with E-state index in [0.717, 1.165) is 37.3 Å². The van der Waals surface area contributed by atoms with Gasteiger partial charge in [0, 0.05) is 18.3 Å². The van der Waals surface area contributed by atoms with Crippen LogP contribution in [0.3, 0.4) is 0 Å². The zero-order valence-corrected chi connectivity index (χ0v) is 13.1. The van der Waals surface area contributed by atoms with E-state index < -0.39 is 0 Å². The number of nitrogens with one attached hydrogen (secondary N) is 2. The first-order valence-corrected chi connectivity index (χ1v) is 7.45. The highest BCUT2D eigenvalue weighted by Crippen LogP contribution is 2.13. The smallest absolute Gasteiger partial charge is 0.238 e. The standard InChI is InChI=1S/C16H25N3O2/c1-4-10-19(11-5-2)12-16(21)18-15-8-6-14(7-9-15)17-13(3)20/h6-9H,4-5,10-12H2,1-3H3,(H,17,20)(H,18,21). The molecule has 2 amide bonds. The van der Waals surface area contributed by atoms with Crippen molar-refractivity contribution in [3.05, 3.63) is 24.3 Å². The van der Waals surface area contributed by atoms with Crippen molar-refractivity contribution >= 4 is 23.2 Å². The first-order chi connectivity index (χ1) is 10.0. The third kappa shape index (κ3) is 6.90. The lowest BCUT2D eigenvalue weighted by atomic mass is 10.2. The Labute approximate surface area is 126 Å². The number of carbonyl (C=O) groups excluding carboxylic acids is 2. The predicted molar refractivity (Wildman–Crippen MR) is 86.4 cm³/mol. The molecule has 0 aliphatic heterocycles. The van der Waals surface area contributed by atoms with Gasteiger partial charge in [-0.3, -0.25) is 14.5 Å². The third-order valence-electron chi connectivity index (χ3n) is 2.94. The first-order valence-electron chi connectivity index (χ1n) is 7.45. The van der Waals surface area contributed by atoms with Crippen LogP contribution >= 0.6 is 0 Å². The van der Waals surface area contributed by atoms with Crippen LogP contribution in [-0.4, -0.2) is 36.3 Å². The van der Waals surface area contributed by atoms with Gasteiger partial charge in [-0.25, -0.2) is 0 Å². The summed E-state index contributed by atoms with van der Waals surface area (Å²) < 4.78 is 0. The summed E-state index contributed by atoms with van der Waals surface area (Å²) in [6.45, 7) is 7.97. The minimum absolute atomic E-state index is 0.0100. The molecule has 0 unspecified atom stereocenters. The molecule has 0 bridgehead atoms. The Morgan fingerprint density at radius 3 is 1.86 bits per heavy atom. The summed E-state index contributed by atoms with van der Waals surface area (Å²) in [5.74, 6) is -0.120. The quantitative estimate of drug-likeness (QED) is 0.774. The topological polar surface area (TPSA) is 61.4 Å². The number of hydrogen-bond donors (Lipinski definition) is 2. The summed E-state index contributed by atoms with van der Waals surface area (Å²) >= 11 is 0. The van der Waals surface area contributed by atoms with Crippen LogP contribution in [-0.2, 0) is 9.59 Å². The van der Waals surface area contributed by atoms with Crippen LogP contribution in [0.25, 0.3) is 0 Å². The van der Waals surface area contributed by atoms with Crippen molar-refractivity contribution in [2.24, 2.45) is 0 Å². The molecule has 5 nitrogen and oxygen atoms in total. The maximum absolute atomic E-state index is 12.0. The molecular weight excluding hydrogens is 266 g/mol. The van der Waals surface area contributed by atoms with Gasteiger partial charge in [-0.2, -0.15) is 0 Å².